The summed E-state index contributed by atoms with van der Waals surface area (Å²) in [4.78, 5) is 12.3. The number of amides is 1. The molecule has 6 heteroatoms. The van der Waals surface area contributed by atoms with Gasteiger partial charge in [0.05, 0.1) is 4.90 Å². The second-order valence-corrected chi connectivity index (χ2v) is 8.71. The molecule has 1 heterocycles. The first-order valence-corrected chi connectivity index (χ1v) is 9.39. The molecule has 0 radical (unpaired) electrons. The van der Waals surface area contributed by atoms with Gasteiger partial charge in [-0.15, -0.1) is 0 Å². The molecule has 1 atom stereocenters. The third-order valence-corrected chi connectivity index (χ3v) is 5.54. The van der Waals surface area contributed by atoms with Crippen molar-refractivity contribution in [1.82, 2.24) is 4.72 Å². The molecule has 1 saturated heterocycles. The lowest BCUT2D eigenvalue weighted by Gasteiger charge is -2.23. The van der Waals surface area contributed by atoms with Gasteiger partial charge in [-0.05, 0) is 48.8 Å². The van der Waals surface area contributed by atoms with Crippen LogP contribution in [-0.2, 0) is 25.0 Å². The second-order valence-electron chi connectivity index (χ2n) is 7.06. The molecule has 1 amide bonds. The summed E-state index contributed by atoms with van der Waals surface area (Å²) < 4.78 is 32.7. The van der Waals surface area contributed by atoms with E-state index in [-0.39, 0.29) is 10.3 Å². The average Bonchev–Trinajstić information content (AvgIpc) is 2.46. The van der Waals surface area contributed by atoms with Crippen molar-refractivity contribution in [3.63, 3.8) is 0 Å². The monoisotopic (exact) mass is 339 g/mol. The number of benzene rings is 1. The third-order valence-electron chi connectivity index (χ3n) is 4.05. The van der Waals surface area contributed by atoms with E-state index in [1.807, 2.05) is 26.8 Å². The predicted molar refractivity (Wildman–Crippen MR) is 88.8 cm³/mol. The molecular formula is C17H25NO4S. The summed E-state index contributed by atoms with van der Waals surface area (Å²) in [6, 6.07) is 5.34. The Morgan fingerprint density at radius 1 is 1.26 bits per heavy atom. The Hall–Kier alpha value is -1.40. The molecule has 1 unspecified atom stereocenters. The normalized spacial score (nSPS) is 19.4. The molecule has 0 aliphatic carbocycles. The number of hydrogen-bond acceptors (Lipinski definition) is 4. The van der Waals surface area contributed by atoms with Crippen LogP contribution in [0, 0.1) is 6.92 Å². The van der Waals surface area contributed by atoms with Gasteiger partial charge >= 0.3 is 0 Å². The van der Waals surface area contributed by atoms with Gasteiger partial charge < -0.3 is 4.74 Å². The molecular weight excluding hydrogens is 314 g/mol. The standard InChI is InChI=1S/C17H25NO4S/c1-12-8-9-13(17(2,3)4)11-15(12)23(20,21)18-16(19)14-7-5-6-10-22-14/h8-9,11,14H,5-7,10H2,1-4H3,(H,18,19). The van der Waals surface area contributed by atoms with Crippen molar-refractivity contribution >= 4 is 15.9 Å². The van der Waals surface area contributed by atoms with Gasteiger partial charge in [-0.3, -0.25) is 4.79 Å². The molecule has 2 rings (SSSR count). The molecule has 0 bridgehead atoms. The average molecular weight is 339 g/mol. The summed E-state index contributed by atoms with van der Waals surface area (Å²) >= 11 is 0. The molecule has 1 N–H and O–H groups in total. The molecule has 1 aromatic carbocycles. The summed E-state index contributed by atoms with van der Waals surface area (Å²) in [6.07, 6.45) is 1.66. The van der Waals surface area contributed by atoms with Gasteiger partial charge in [0.2, 0.25) is 0 Å². The Morgan fingerprint density at radius 3 is 2.52 bits per heavy atom. The highest BCUT2D eigenvalue weighted by Crippen LogP contribution is 2.26. The molecule has 0 spiro atoms. The zero-order chi connectivity index (χ0) is 17.3. The topological polar surface area (TPSA) is 72.5 Å². The largest absolute Gasteiger partial charge is 0.368 e. The highest BCUT2D eigenvalue weighted by Gasteiger charge is 2.28. The lowest BCUT2D eigenvalue weighted by molar-refractivity contribution is -0.133. The third kappa shape index (κ3) is 4.32. The zero-order valence-corrected chi connectivity index (χ0v) is 15.0. The van der Waals surface area contributed by atoms with Gasteiger partial charge in [-0.2, -0.15) is 0 Å². The first kappa shape index (κ1) is 17.9. The summed E-state index contributed by atoms with van der Waals surface area (Å²) in [5.74, 6) is -0.578. The maximum Gasteiger partial charge on any atom is 0.264 e. The number of rotatable bonds is 3. The molecule has 1 aromatic rings. The SMILES string of the molecule is Cc1ccc(C(C)(C)C)cc1S(=O)(=O)NC(=O)C1CCCCO1. The van der Waals surface area contributed by atoms with Gasteiger partial charge in [-0.25, -0.2) is 13.1 Å². The quantitative estimate of drug-likeness (QED) is 0.919. The number of carbonyl (C=O) groups excluding carboxylic acids is 1. The summed E-state index contributed by atoms with van der Waals surface area (Å²) in [6.45, 7) is 8.27. The number of hydrogen-bond donors (Lipinski definition) is 1. The number of nitrogens with one attached hydrogen (secondary N) is 1. The minimum atomic E-state index is -3.90. The van der Waals surface area contributed by atoms with E-state index >= 15 is 0 Å². The van der Waals surface area contributed by atoms with Gasteiger partial charge in [0.15, 0.2) is 0 Å². The highest BCUT2D eigenvalue weighted by molar-refractivity contribution is 7.90. The first-order chi connectivity index (χ1) is 10.6. The van der Waals surface area contributed by atoms with E-state index in [4.69, 9.17) is 4.74 Å². The maximum atomic E-state index is 12.6. The van der Waals surface area contributed by atoms with Crippen LogP contribution in [-0.4, -0.2) is 27.0 Å². The van der Waals surface area contributed by atoms with Crippen molar-refractivity contribution in [2.45, 2.75) is 63.4 Å². The zero-order valence-electron chi connectivity index (χ0n) is 14.2. The van der Waals surface area contributed by atoms with Crippen LogP contribution in [0.25, 0.3) is 0 Å². The fraction of sp³-hybridized carbons (Fsp3) is 0.588. The highest BCUT2D eigenvalue weighted by atomic mass is 32.2. The Bertz CT molecular complexity index is 683. The van der Waals surface area contributed by atoms with Crippen molar-refractivity contribution in [3.05, 3.63) is 29.3 Å². The van der Waals surface area contributed by atoms with Crippen molar-refractivity contribution in [2.24, 2.45) is 0 Å². The Labute approximate surface area is 138 Å². The molecule has 0 saturated carbocycles. The van der Waals surface area contributed by atoms with Crippen LogP contribution in [0.1, 0.15) is 51.2 Å². The summed E-state index contributed by atoms with van der Waals surface area (Å²) in [5.41, 5.74) is 1.35. The van der Waals surface area contributed by atoms with Crippen LogP contribution >= 0.6 is 0 Å². The van der Waals surface area contributed by atoms with Crippen LogP contribution in [0.2, 0.25) is 0 Å². The van der Waals surface area contributed by atoms with E-state index < -0.39 is 22.0 Å². The van der Waals surface area contributed by atoms with Crippen molar-refractivity contribution < 1.29 is 17.9 Å². The predicted octanol–water partition coefficient (Wildman–Crippen LogP) is 2.67. The molecule has 128 valence electrons. The Morgan fingerprint density at radius 2 is 1.96 bits per heavy atom. The van der Waals surface area contributed by atoms with E-state index in [2.05, 4.69) is 4.72 Å². The van der Waals surface area contributed by atoms with E-state index in [0.29, 0.717) is 18.6 Å². The van der Waals surface area contributed by atoms with E-state index in [0.717, 1.165) is 18.4 Å². The van der Waals surface area contributed by atoms with E-state index in [9.17, 15) is 13.2 Å². The van der Waals surface area contributed by atoms with Crippen LogP contribution in [0.15, 0.2) is 23.1 Å². The van der Waals surface area contributed by atoms with Gasteiger partial charge in [0, 0.05) is 6.61 Å². The molecule has 1 aliphatic rings. The van der Waals surface area contributed by atoms with Gasteiger partial charge in [-0.1, -0.05) is 32.9 Å². The number of ether oxygens (including phenoxy) is 1. The maximum absolute atomic E-state index is 12.6. The van der Waals surface area contributed by atoms with Crippen LogP contribution in [0.3, 0.4) is 0 Å². The molecule has 5 nitrogen and oxygen atoms in total. The van der Waals surface area contributed by atoms with Crippen LogP contribution < -0.4 is 4.72 Å². The number of sulfonamides is 1. The lowest BCUT2D eigenvalue weighted by Crippen LogP contribution is -2.41. The van der Waals surface area contributed by atoms with Crippen molar-refractivity contribution in [2.75, 3.05) is 6.61 Å². The number of aryl methyl sites for hydroxylation is 1. The van der Waals surface area contributed by atoms with E-state index in [1.54, 1.807) is 19.1 Å². The summed E-state index contributed by atoms with van der Waals surface area (Å²) in [7, 11) is -3.90. The molecule has 23 heavy (non-hydrogen) atoms. The lowest BCUT2D eigenvalue weighted by atomic mass is 9.87. The fourth-order valence-corrected chi connectivity index (χ4v) is 3.84. The minimum absolute atomic E-state index is 0.147. The van der Waals surface area contributed by atoms with Crippen molar-refractivity contribution in [1.29, 1.82) is 0 Å². The molecule has 1 fully saturated rings. The fourth-order valence-electron chi connectivity index (χ4n) is 2.56. The first-order valence-electron chi connectivity index (χ1n) is 7.91. The molecule has 0 aromatic heterocycles. The van der Waals surface area contributed by atoms with Gasteiger partial charge in [0.25, 0.3) is 15.9 Å². The van der Waals surface area contributed by atoms with Crippen LogP contribution in [0.5, 0.6) is 0 Å². The van der Waals surface area contributed by atoms with Crippen LogP contribution in [0.4, 0.5) is 0 Å². The van der Waals surface area contributed by atoms with E-state index in [1.165, 1.54) is 0 Å². The second kappa shape index (κ2) is 6.61. The summed E-state index contributed by atoms with van der Waals surface area (Å²) in [5, 5.41) is 0. The Balaban J connectivity index is 2.27. The molecule has 1 aliphatic heterocycles. The Kier molecular flexibility index (Phi) is 5.16. The number of carbonyl (C=O) groups is 1. The smallest absolute Gasteiger partial charge is 0.264 e. The minimum Gasteiger partial charge on any atom is -0.368 e. The van der Waals surface area contributed by atoms with Gasteiger partial charge in [0.1, 0.15) is 6.10 Å². The van der Waals surface area contributed by atoms with Crippen molar-refractivity contribution in [3.8, 4) is 0 Å².